The van der Waals surface area contributed by atoms with Crippen molar-refractivity contribution in [2.45, 2.75) is 44.7 Å². The first-order valence-electron chi connectivity index (χ1n) is 11.7. The molecule has 1 N–H and O–H groups in total. The van der Waals surface area contributed by atoms with Crippen LogP contribution in [0.4, 0.5) is 18.0 Å². The van der Waals surface area contributed by atoms with E-state index in [2.05, 4.69) is 15.0 Å². The Morgan fingerprint density at radius 3 is 2.62 bits per heavy atom. The molecule has 0 bridgehead atoms. The number of benzene rings is 2. The smallest absolute Gasteiger partial charge is 0.489 e. The van der Waals surface area contributed by atoms with E-state index in [9.17, 15) is 27.6 Å². The molecular formula is C26H21F3N4O6. The summed E-state index contributed by atoms with van der Waals surface area (Å²) in [5.74, 6) is -3.08. The predicted octanol–water partition coefficient (Wildman–Crippen LogP) is 4.27. The van der Waals surface area contributed by atoms with Crippen molar-refractivity contribution in [2.24, 2.45) is 5.16 Å². The van der Waals surface area contributed by atoms with E-state index in [0.29, 0.717) is 17.9 Å². The molecule has 3 heterocycles. The van der Waals surface area contributed by atoms with Crippen molar-refractivity contribution in [3.05, 3.63) is 71.4 Å². The second-order valence-electron chi connectivity index (χ2n) is 9.14. The van der Waals surface area contributed by atoms with Crippen molar-refractivity contribution in [3.63, 3.8) is 0 Å². The largest absolute Gasteiger partial charge is 0.493 e. The molecule has 0 radical (unpaired) electrons. The van der Waals surface area contributed by atoms with Crippen molar-refractivity contribution in [2.75, 3.05) is 0 Å². The molecule has 2 aliphatic rings. The maximum atomic E-state index is 12.7. The summed E-state index contributed by atoms with van der Waals surface area (Å²) in [6.07, 6.45) is -6.14. The number of halogens is 3. The number of imide groups is 1. The number of ether oxygens (including phenoxy) is 1. The number of amides is 3. The third kappa shape index (κ3) is 4.82. The SMILES string of the molecule is Cc1cc(COc2ccc(C3CC(C4(C)C(=O)NC(=O)N4OC(=O)C(F)(F)F)=NO3)cc2)c2ccccc2n1. The molecule has 1 fully saturated rings. The number of pyridine rings is 1. The lowest BCUT2D eigenvalue weighted by Gasteiger charge is -2.29. The first kappa shape index (κ1) is 25.9. The van der Waals surface area contributed by atoms with Gasteiger partial charge in [0.05, 0.1) is 5.52 Å². The van der Waals surface area contributed by atoms with Gasteiger partial charge in [0.15, 0.2) is 11.6 Å². The summed E-state index contributed by atoms with van der Waals surface area (Å²) in [4.78, 5) is 50.1. The molecule has 3 amide bonds. The molecule has 202 valence electrons. The van der Waals surface area contributed by atoms with Crippen LogP contribution in [-0.4, -0.2) is 45.4 Å². The molecule has 0 saturated carbocycles. The molecule has 2 aromatic carbocycles. The minimum Gasteiger partial charge on any atom is -0.489 e. The van der Waals surface area contributed by atoms with Crippen LogP contribution in [0.3, 0.4) is 0 Å². The monoisotopic (exact) mass is 542 g/mol. The van der Waals surface area contributed by atoms with Crippen molar-refractivity contribution in [1.82, 2.24) is 15.4 Å². The molecule has 0 aliphatic carbocycles. The fourth-order valence-corrected chi connectivity index (χ4v) is 4.38. The van der Waals surface area contributed by atoms with Gasteiger partial charge < -0.3 is 14.4 Å². The van der Waals surface area contributed by atoms with Crippen LogP contribution in [0.15, 0.2) is 59.8 Å². The van der Waals surface area contributed by atoms with E-state index in [0.717, 1.165) is 29.1 Å². The number of rotatable bonds is 6. The lowest BCUT2D eigenvalue weighted by molar-refractivity contribution is -0.233. The van der Waals surface area contributed by atoms with Crippen molar-refractivity contribution in [3.8, 4) is 5.75 Å². The van der Waals surface area contributed by atoms with Gasteiger partial charge in [0, 0.05) is 23.1 Å². The van der Waals surface area contributed by atoms with Crippen molar-refractivity contribution < 1.29 is 42.0 Å². The Morgan fingerprint density at radius 1 is 1.18 bits per heavy atom. The maximum Gasteiger partial charge on any atom is 0.493 e. The molecule has 10 nitrogen and oxygen atoms in total. The van der Waals surface area contributed by atoms with Gasteiger partial charge in [0.2, 0.25) is 0 Å². The Kier molecular flexibility index (Phi) is 6.36. The Hall–Kier alpha value is -4.68. The first-order chi connectivity index (χ1) is 18.5. The summed E-state index contributed by atoms with van der Waals surface area (Å²) in [7, 11) is 0. The van der Waals surface area contributed by atoms with E-state index >= 15 is 0 Å². The number of nitrogens with zero attached hydrogens (tertiary/aromatic N) is 3. The van der Waals surface area contributed by atoms with Crippen LogP contribution in [0, 0.1) is 6.92 Å². The number of urea groups is 1. The number of aromatic nitrogens is 1. The molecule has 13 heteroatoms. The quantitative estimate of drug-likeness (QED) is 0.462. The average molecular weight is 542 g/mol. The van der Waals surface area contributed by atoms with Gasteiger partial charge in [-0.15, -0.1) is 5.06 Å². The third-order valence-corrected chi connectivity index (χ3v) is 6.47. The number of fused-ring (bicyclic) bond motifs is 1. The van der Waals surface area contributed by atoms with Crippen LogP contribution in [0.5, 0.6) is 5.75 Å². The van der Waals surface area contributed by atoms with Crippen LogP contribution >= 0.6 is 0 Å². The molecule has 1 saturated heterocycles. The van der Waals surface area contributed by atoms with Crippen LogP contribution in [0.2, 0.25) is 0 Å². The molecule has 39 heavy (non-hydrogen) atoms. The number of oxime groups is 1. The predicted molar refractivity (Wildman–Crippen MR) is 129 cm³/mol. The second-order valence-corrected chi connectivity index (χ2v) is 9.14. The van der Waals surface area contributed by atoms with E-state index in [1.807, 2.05) is 42.6 Å². The Bertz CT molecular complexity index is 1510. The number of alkyl halides is 3. The lowest BCUT2D eigenvalue weighted by atomic mass is 9.90. The van der Waals surface area contributed by atoms with Crippen LogP contribution in [-0.2, 0) is 25.9 Å². The first-order valence-corrected chi connectivity index (χ1v) is 11.7. The van der Waals surface area contributed by atoms with Gasteiger partial charge in [-0.1, -0.05) is 35.5 Å². The van der Waals surface area contributed by atoms with Gasteiger partial charge in [-0.05, 0) is 43.7 Å². The fourth-order valence-electron chi connectivity index (χ4n) is 4.38. The van der Waals surface area contributed by atoms with Gasteiger partial charge in [-0.2, -0.15) is 13.2 Å². The van der Waals surface area contributed by atoms with E-state index in [4.69, 9.17) is 9.57 Å². The average Bonchev–Trinajstić information content (AvgIpc) is 3.47. The van der Waals surface area contributed by atoms with Gasteiger partial charge in [0.25, 0.3) is 5.91 Å². The number of carbonyl (C=O) groups excluding carboxylic acids is 3. The van der Waals surface area contributed by atoms with Crippen molar-refractivity contribution >= 4 is 34.5 Å². The van der Waals surface area contributed by atoms with Gasteiger partial charge in [-0.25, -0.2) is 9.59 Å². The Morgan fingerprint density at radius 2 is 1.90 bits per heavy atom. The normalized spacial score (nSPS) is 21.0. The topological polar surface area (TPSA) is 119 Å². The zero-order chi connectivity index (χ0) is 27.9. The van der Waals surface area contributed by atoms with E-state index in [1.165, 1.54) is 0 Å². The van der Waals surface area contributed by atoms with E-state index < -0.39 is 35.7 Å². The van der Waals surface area contributed by atoms with Gasteiger partial charge in [0.1, 0.15) is 18.1 Å². The Labute approximate surface area is 219 Å². The molecule has 2 unspecified atom stereocenters. The summed E-state index contributed by atoms with van der Waals surface area (Å²) in [5, 5.41) is 6.71. The van der Waals surface area contributed by atoms with E-state index in [1.54, 1.807) is 24.3 Å². The zero-order valence-electron chi connectivity index (χ0n) is 20.6. The molecule has 2 atom stereocenters. The number of aryl methyl sites for hydroxylation is 1. The van der Waals surface area contributed by atoms with Gasteiger partial charge >= 0.3 is 18.2 Å². The number of hydrogen-bond donors (Lipinski definition) is 1. The van der Waals surface area contributed by atoms with Crippen LogP contribution < -0.4 is 10.1 Å². The highest BCUT2D eigenvalue weighted by atomic mass is 19.4. The summed E-state index contributed by atoms with van der Waals surface area (Å²) >= 11 is 0. The fraction of sp³-hybridized carbons (Fsp3) is 0.269. The molecule has 5 rings (SSSR count). The summed E-state index contributed by atoms with van der Waals surface area (Å²) in [5.41, 5.74) is 1.15. The summed E-state index contributed by atoms with van der Waals surface area (Å²) < 4.78 is 44.1. The number of hydrogen-bond acceptors (Lipinski definition) is 8. The highest BCUT2D eigenvalue weighted by Gasteiger charge is 2.59. The number of nitrogens with one attached hydrogen (secondary N) is 1. The molecule has 2 aliphatic heterocycles. The second kappa shape index (κ2) is 9.57. The zero-order valence-corrected chi connectivity index (χ0v) is 20.6. The molecular weight excluding hydrogens is 521 g/mol. The molecule has 3 aromatic rings. The molecule has 0 spiro atoms. The summed E-state index contributed by atoms with van der Waals surface area (Å²) in [6.45, 7) is 3.33. The number of hydroxylamine groups is 2. The van der Waals surface area contributed by atoms with Crippen LogP contribution in [0.25, 0.3) is 10.9 Å². The standard InChI is InChI=1S/C26H21F3N4O6/c1-14-11-16(18-5-3-4-6-19(18)30-14)13-37-17-9-7-15(8-10-17)20-12-21(32-38-20)25(2)22(34)31-24(36)33(25)39-23(35)26(27,28)29/h3-11,20H,12-13H2,1-2H3,(H,31,34,36). The van der Waals surface area contributed by atoms with Crippen LogP contribution in [0.1, 0.15) is 36.3 Å². The maximum absolute atomic E-state index is 12.7. The lowest BCUT2D eigenvalue weighted by Crippen LogP contribution is -2.54. The van der Waals surface area contributed by atoms with Crippen molar-refractivity contribution in [1.29, 1.82) is 0 Å². The number of carbonyl (C=O) groups is 3. The Balaban J connectivity index is 1.26. The molecule has 1 aromatic heterocycles. The van der Waals surface area contributed by atoms with Gasteiger partial charge in [-0.3, -0.25) is 15.1 Å². The highest BCUT2D eigenvalue weighted by Crippen LogP contribution is 2.36. The highest BCUT2D eigenvalue weighted by molar-refractivity contribution is 6.22. The van der Waals surface area contributed by atoms with E-state index in [-0.39, 0.29) is 17.2 Å². The third-order valence-electron chi connectivity index (χ3n) is 6.47. The number of para-hydroxylation sites is 1. The minimum atomic E-state index is -5.38. The summed E-state index contributed by atoms with van der Waals surface area (Å²) in [6, 6.07) is 15.3. The minimum absolute atomic E-state index is 0.0389.